The van der Waals surface area contributed by atoms with Crippen molar-refractivity contribution < 1.29 is 4.74 Å². The SMILES string of the molecule is CC(C)CNCc1cccc(CN2CC(C)OCC2C)n1. The highest BCUT2D eigenvalue weighted by Crippen LogP contribution is 2.14. The first kappa shape index (κ1) is 16.4. The van der Waals surface area contributed by atoms with E-state index in [0.29, 0.717) is 18.1 Å². The van der Waals surface area contributed by atoms with Crippen LogP contribution in [0.4, 0.5) is 0 Å². The molecule has 0 bridgehead atoms. The van der Waals surface area contributed by atoms with E-state index in [1.807, 2.05) is 0 Å². The molecule has 0 saturated carbocycles. The first-order valence-corrected chi connectivity index (χ1v) is 8.05. The summed E-state index contributed by atoms with van der Waals surface area (Å²) in [5.74, 6) is 0.670. The van der Waals surface area contributed by atoms with Crippen LogP contribution in [0.3, 0.4) is 0 Å². The molecule has 0 radical (unpaired) electrons. The molecule has 4 nitrogen and oxygen atoms in total. The number of ether oxygens (including phenoxy) is 1. The van der Waals surface area contributed by atoms with Gasteiger partial charge >= 0.3 is 0 Å². The van der Waals surface area contributed by atoms with Gasteiger partial charge in [-0.15, -0.1) is 0 Å². The van der Waals surface area contributed by atoms with Gasteiger partial charge in [0.05, 0.1) is 24.1 Å². The van der Waals surface area contributed by atoms with Gasteiger partial charge in [0.25, 0.3) is 0 Å². The Hall–Kier alpha value is -0.970. The molecule has 21 heavy (non-hydrogen) atoms. The third-order valence-electron chi connectivity index (χ3n) is 3.83. The number of hydrogen-bond acceptors (Lipinski definition) is 4. The summed E-state index contributed by atoms with van der Waals surface area (Å²) in [5.41, 5.74) is 2.28. The monoisotopic (exact) mass is 291 g/mol. The lowest BCUT2D eigenvalue weighted by atomic mass is 10.2. The maximum absolute atomic E-state index is 5.69. The van der Waals surface area contributed by atoms with E-state index < -0.39 is 0 Å². The van der Waals surface area contributed by atoms with Gasteiger partial charge in [0.15, 0.2) is 0 Å². The van der Waals surface area contributed by atoms with E-state index in [1.54, 1.807) is 0 Å². The molecule has 1 saturated heterocycles. The van der Waals surface area contributed by atoms with E-state index in [1.165, 1.54) is 0 Å². The summed E-state index contributed by atoms with van der Waals surface area (Å²) in [4.78, 5) is 7.24. The van der Waals surface area contributed by atoms with Crippen LogP contribution in [-0.2, 0) is 17.8 Å². The highest BCUT2D eigenvalue weighted by Gasteiger charge is 2.23. The van der Waals surface area contributed by atoms with E-state index in [0.717, 1.165) is 44.2 Å². The summed E-state index contributed by atoms with van der Waals surface area (Å²) < 4.78 is 5.69. The number of pyridine rings is 1. The highest BCUT2D eigenvalue weighted by molar-refractivity contribution is 5.11. The predicted molar refractivity (Wildman–Crippen MR) is 86.1 cm³/mol. The zero-order chi connectivity index (χ0) is 15.2. The van der Waals surface area contributed by atoms with Crippen LogP contribution in [-0.4, -0.2) is 41.7 Å². The summed E-state index contributed by atoms with van der Waals surface area (Å²) in [7, 11) is 0. The van der Waals surface area contributed by atoms with Gasteiger partial charge in [-0.05, 0) is 38.4 Å². The van der Waals surface area contributed by atoms with E-state index in [9.17, 15) is 0 Å². The Morgan fingerprint density at radius 1 is 1.33 bits per heavy atom. The molecule has 118 valence electrons. The van der Waals surface area contributed by atoms with E-state index in [-0.39, 0.29) is 0 Å². The van der Waals surface area contributed by atoms with Crippen LogP contribution in [0.1, 0.15) is 39.1 Å². The molecular weight excluding hydrogens is 262 g/mol. The van der Waals surface area contributed by atoms with Crippen LogP contribution in [0.25, 0.3) is 0 Å². The second kappa shape index (κ2) is 7.87. The topological polar surface area (TPSA) is 37.4 Å². The molecule has 2 heterocycles. The van der Waals surface area contributed by atoms with Gasteiger partial charge in [0, 0.05) is 25.7 Å². The number of hydrogen-bond donors (Lipinski definition) is 1. The van der Waals surface area contributed by atoms with Gasteiger partial charge in [-0.3, -0.25) is 9.88 Å². The van der Waals surface area contributed by atoms with Gasteiger partial charge in [-0.2, -0.15) is 0 Å². The molecule has 0 aromatic carbocycles. The molecule has 0 amide bonds. The van der Waals surface area contributed by atoms with E-state index >= 15 is 0 Å². The molecule has 2 rings (SSSR count). The fourth-order valence-corrected chi connectivity index (χ4v) is 2.60. The molecule has 0 spiro atoms. The number of nitrogens with zero attached hydrogens (tertiary/aromatic N) is 2. The minimum absolute atomic E-state index is 0.317. The molecule has 4 heteroatoms. The van der Waals surface area contributed by atoms with Crippen molar-refractivity contribution in [3.8, 4) is 0 Å². The zero-order valence-electron chi connectivity index (χ0n) is 13.8. The minimum Gasteiger partial charge on any atom is -0.376 e. The van der Waals surface area contributed by atoms with E-state index in [4.69, 9.17) is 9.72 Å². The normalized spacial score (nSPS) is 23.7. The van der Waals surface area contributed by atoms with Crippen molar-refractivity contribution in [3.63, 3.8) is 0 Å². The van der Waals surface area contributed by atoms with Crippen LogP contribution in [0.15, 0.2) is 18.2 Å². The average Bonchev–Trinajstić information content (AvgIpc) is 2.43. The molecule has 0 aliphatic carbocycles. The molecule has 1 fully saturated rings. The largest absolute Gasteiger partial charge is 0.376 e. The van der Waals surface area contributed by atoms with Crippen molar-refractivity contribution >= 4 is 0 Å². The summed E-state index contributed by atoms with van der Waals surface area (Å²) >= 11 is 0. The molecule has 1 aromatic heterocycles. The highest BCUT2D eigenvalue weighted by atomic mass is 16.5. The van der Waals surface area contributed by atoms with Gasteiger partial charge in [0.1, 0.15) is 0 Å². The van der Waals surface area contributed by atoms with Crippen LogP contribution < -0.4 is 5.32 Å². The molecule has 1 aliphatic heterocycles. The smallest absolute Gasteiger partial charge is 0.0674 e. The summed E-state index contributed by atoms with van der Waals surface area (Å²) in [6, 6.07) is 6.80. The molecule has 2 atom stereocenters. The second-order valence-electron chi connectivity index (χ2n) is 6.57. The van der Waals surface area contributed by atoms with Crippen molar-refractivity contribution in [2.24, 2.45) is 5.92 Å². The summed E-state index contributed by atoms with van der Waals surface area (Å²) in [6.07, 6.45) is 0.317. The van der Waals surface area contributed by atoms with Gasteiger partial charge in [-0.1, -0.05) is 19.9 Å². The second-order valence-corrected chi connectivity index (χ2v) is 6.57. The number of morpholine rings is 1. The van der Waals surface area contributed by atoms with Gasteiger partial charge in [-0.25, -0.2) is 0 Å². The van der Waals surface area contributed by atoms with E-state index in [2.05, 4.69) is 56.1 Å². The third kappa shape index (κ3) is 5.38. The molecule has 1 N–H and O–H groups in total. The lowest BCUT2D eigenvalue weighted by Crippen LogP contribution is -2.46. The molecule has 2 unspecified atom stereocenters. The fourth-order valence-electron chi connectivity index (χ4n) is 2.60. The van der Waals surface area contributed by atoms with Gasteiger partial charge < -0.3 is 10.1 Å². The van der Waals surface area contributed by atoms with Crippen LogP contribution in [0.5, 0.6) is 0 Å². The maximum atomic E-state index is 5.69. The first-order valence-electron chi connectivity index (χ1n) is 8.05. The predicted octanol–water partition coefficient (Wildman–Crippen LogP) is 2.44. The fraction of sp³-hybridized carbons (Fsp3) is 0.706. The number of aromatic nitrogens is 1. The zero-order valence-corrected chi connectivity index (χ0v) is 13.8. The van der Waals surface area contributed by atoms with Crippen molar-refractivity contribution in [1.29, 1.82) is 0 Å². The van der Waals surface area contributed by atoms with Crippen LogP contribution in [0.2, 0.25) is 0 Å². The lowest BCUT2D eigenvalue weighted by Gasteiger charge is -2.36. The Bertz CT molecular complexity index is 436. The quantitative estimate of drug-likeness (QED) is 0.873. The first-order chi connectivity index (χ1) is 10.0. The standard InChI is InChI=1S/C17H29N3O/c1-13(2)8-18-9-16-6-5-7-17(19-16)11-20-10-15(4)21-12-14(20)3/h5-7,13-15,18H,8-12H2,1-4H3. The summed E-state index contributed by atoms with van der Waals surface area (Å²) in [6.45, 7) is 13.4. The summed E-state index contributed by atoms with van der Waals surface area (Å²) in [5, 5.41) is 3.45. The number of nitrogens with one attached hydrogen (secondary N) is 1. The Morgan fingerprint density at radius 3 is 2.86 bits per heavy atom. The lowest BCUT2D eigenvalue weighted by molar-refractivity contribution is -0.0530. The van der Waals surface area contributed by atoms with Crippen molar-refractivity contribution in [2.45, 2.75) is 52.9 Å². The van der Waals surface area contributed by atoms with Crippen molar-refractivity contribution in [3.05, 3.63) is 29.6 Å². The maximum Gasteiger partial charge on any atom is 0.0674 e. The van der Waals surface area contributed by atoms with Crippen molar-refractivity contribution in [2.75, 3.05) is 19.7 Å². The van der Waals surface area contributed by atoms with Crippen LogP contribution >= 0.6 is 0 Å². The average molecular weight is 291 g/mol. The Labute approximate surface area is 128 Å². The van der Waals surface area contributed by atoms with Crippen LogP contribution in [0, 0.1) is 5.92 Å². The van der Waals surface area contributed by atoms with Gasteiger partial charge in [0.2, 0.25) is 0 Å². The number of rotatable bonds is 6. The third-order valence-corrected chi connectivity index (χ3v) is 3.83. The molecule has 1 aromatic rings. The molecule has 1 aliphatic rings. The minimum atomic E-state index is 0.317. The molecular formula is C17H29N3O. The Morgan fingerprint density at radius 2 is 2.10 bits per heavy atom. The Kier molecular flexibility index (Phi) is 6.15. The Balaban J connectivity index is 1.90. The van der Waals surface area contributed by atoms with Crippen molar-refractivity contribution in [1.82, 2.24) is 15.2 Å².